The Balaban J connectivity index is 2.86. The lowest BCUT2D eigenvalue weighted by atomic mass is 10.0. The van der Waals surface area contributed by atoms with E-state index in [0.717, 1.165) is 6.07 Å². The van der Waals surface area contributed by atoms with Crippen molar-refractivity contribution in [1.82, 2.24) is 0 Å². The molecule has 2 nitrogen and oxygen atoms in total. The smallest absolute Gasteiger partial charge is 0.406 e. The molecule has 0 fully saturated rings. The summed E-state index contributed by atoms with van der Waals surface area (Å²) < 4.78 is 53.7. The summed E-state index contributed by atoms with van der Waals surface area (Å²) in [4.78, 5) is 0. The molecule has 0 unspecified atom stereocenters. The van der Waals surface area contributed by atoms with E-state index < -0.39 is 18.3 Å². The fourth-order valence-corrected chi connectivity index (χ4v) is 1.61. The average Bonchev–Trinajstić information content (AvgIpc) is 2.22. The summed E-state index contributed by atoms with van der Waals surface area (Å²) in [6, 6.07) is 3.79. The Morgan fingerprint density at radius 3 is 2.50 bits per heavy atom. The number of hydrogen-bond acceptors (Lipinski definition) is 2. The SMILES string of the molecule is Cc1cc(OC(F)(F)F)cc([C@H](F)CCCN)c1. The molecule has 0 spiro atoms. The Kier molecular flexibility index (Phi) is 4.95. The van der Waals surface area contributed by atoms with Crippen molar-refractivity contribution in [2.75, 3.05) is 6.54 Å². The van der Waals surface area contributed by atoms with Crippen LogP contribution < -0.4 is 10.5 Å². The number of rotatable bonds is 5. The molecule has 0 saturated carbocycles. The Bertz CT molecular complexity index is 392. The molecule has 18 heavy (non-hydrogen) atoms. The predicted molar refractivity (Wildman–Crippen MR) is 60.0 cm³/mol. The first kappa shape index (κ1) is 14.8. The molecular weight excluding hydrogens is 250 g/mol. The molecule has 2 N–H and O–H groups in total. The Labute approximate surface area is 103 Å². The molecule has 0 aromatic heterocycles. The third-order valence-corrected chi connectivity index (χ3v) is 2.33. The van der Waals surface area contributed by atoms with Gasteiger partial charge in [0.2, 0.25) is 0 Å². The van der Waals surface area contributed by atoms with Crippen molar-refractivity contribution in [3.05, 3.63) is 29.3 Å². The molecule has 0 radical (unpaired) electrons. The zero-order valence-corrected chi connectivity index (χ0v) is 9.93. The first-order valence-electron chi connectivity index (χ1n) is 5.53. The van der Waals surface area contributed by atoms with Gasteiger partial charge in [-0.2, -0.15) is 0 Å². The van der Waals surface area contributed by atoms with Crippen molar-refractivity contribution < 1.29 is 22.3 Å². The normalized spacial score (nSPS) is 13.4. The van der Waals surface area contributed by atoms with Crippen LogP contribution in [0.3, 0.4) is 0 Å². The molecule has 0 amide bonds. The maximum atomic E-state index is 13.7. The van der Waals surface area contributed by atoms with Gasteiger partial charge in [0, 0.05) is 0 Å². The fraction of sp³-hybridized carbons (Fsp3) is 0.500. The minimum Gasteiger partial charge on any atom is -0.406 e. The Morgan fingerprint density at radius 1 is 1.28 bits per heavy atom. The monoisotopic (exact) mass is 265 g/mol. The van der Waals surface area contributed by atoms with E-state index in [4.69, 9.17) is 5.73 Å². The number of nitrogens with two attached hydrogens (primary N) is 1. The van der Waals surface area contributed by atoms with Crippen LogP contribution in [0.4, 0.5) is 17.6 Å². The van der Waals surface area contributed by atoms with Crippen LogP contribution in [-0.4, -0.2) is 12.9 Å². The first-order valence-corrected chi connectivity index (χ1v) is 5.53. The van der Waals surface area contributed by atoms with Gasteiger partial charge in [0.1, 0.15) is 11.9 Å². The van der Waals surface area contributed by atoms with E-state index >= 15 is 0 Å². The van der Waals surface area contributed by atoms with Crippen LogP contribution >= 0.6 is 0 Å². The molecule has 0 aliphatic rings. The number of ether oxygens (including phenoxy) is 1. The molecule has 6 heteroatoms. The maximum absolute atomic E-state index is 13.7. The second-order valence-corrected chi connectivity index (χ2v) is 4.03. The minimum absolute atomic E-state index is 0.183. The lowest BCUT2D eigenvalue weighted by molar-refractivity contribution is -0.274. The van der Waals surface area contributed by atoms with Crippen molar-refractivity contribution in [1.29, 1.82) is 0 Å². The number of aryl methyl sites for hydroxylation is 1. The van der Waals surface area contributed by atoms with Crippen LogP contribution in [0.5, 0.6) is 5.75 Å². The quantitative estimate of drug-likeness (QED) is 0.825. The van der Waals surface area contributed by atoms with Crippen molar-refractivity contribution >= 4 is 0 Å². The van der Waals surface area contributed by atoms with Gasteiger partial charge in [0.05, 0.1) is 0 Å². The fourth-order valence-electron chi connectivity index (χ4n) is 1.61. The van der Waals surface area contributed by atoms with E-state index in [1.807, 2.05) is 0 Å². The summed E-state index contributed by atoms with van der Waals surface area (Å²) in [6.07, 6.45) is -5.44. The van der Waals surface area contributed by atoms with Gasteiger partial charge in [-0.1, -0.05) is 6.07 Å². The van der Waals surface area contributed by atoms with Crippen LogP contribution in [0.15, 0.2) is 18.2 Å². The van der Waals surface area contributed by atoms with Crippen molar-refractivity contribution in [2.24, 2.45) is 5.73 Å². The molecule has 1 aromatic rings. The number of hydrogen-bond donors (Lipinski definition) is 1. The average molecular weight is 265 g/mol. The highest BCUT2D eigenvalue weighted by Crippen LogP contribution is 2.30. The molecule has 1 atom stereocenters. The van der Waals surface area contributed by atoms with Gasteiger partial charge in [-0.3, -0.25) is 0 Å². The van der Waals surface area contributed by atoms with Gasteiger partial charge >= 0.3 is 6.36 Å². The summed E-state index contributed by atoms with van der Waals surface area (Å²) in [5, 5.41) is 0. The number of halogens is 4. The second kappa shape index (κ2) is 6.04. The molecule has 0 heterocycles. The second-order valence-electron chi connectivity index (χ2n) is 4.03. The van der Waals surface area contributed by atoms with E-state index in [1.165, 1.54) is 12.1 Å². The van der Waals surface area contributed by atoms with Crippen LogP contribution in [-0.2, 0) is 0 Å². The Morgan fingerprint density at radius 2 is 1.94 bits per heavy atom. The highest BCUT2D eigenvalue weighted by molar-refractivity contribution is 5.35. The highest BCUT2D eigenvalue weighted by atomic mass is 19.4. The molecule has 1 rings (SSSR count). The third kappa shape index (κ3) is 4.91. The largest absolute Gasteiger partial charge is 0.573 e. The number of alkyl halides is 4. The molecule has 0 aliphatic heterocycles. The maximum Gasteiger partial charge on any atom is 0.573 e. The zero-order valence-electron chi connectivity index (χ0n) is 9.93. The lowest BCUT2D eigenvalue weighted by Gasteiger charge is -2.13. The summed E-state index contributed by atoms with van der Waals surface area (Å²) in [5.41, 5.74) is 5.96. The molecule has 0 bridgehead atoms. The lowest BCUT2D eigenvalue weighted by Crippen LogP contribution is -2.17. The van der Waals surface area contributed by atoms with Gasteiger partial charge in [-0.15, -0.1) is 13.2 Å². The van der Waals surface area contributed by atoms with Crippen LogP contribution in [0.25, 0.3) is 0 Å². The Hall–Kier alpha value is -1.30. The first-order chi connectivity index (χ1) is 8.31. The standard InChI is InChI=1S/C12H15F4NO/c1-8-5-9(11(13)3-2-4-17)7-10(6-8)18-12(14,15)16/h5-7,11H,2-4,17H2,1H3/t11-/m1/s1. The van der Waals surface area contributed by atoms with Crippen LogP contribution in [0.2, 0.25) is 0 Å². The highest BCUT2D eigenvalue weighted by Gasteiger charge is 2.31. The minimum atomic E-state index is -4.77. The van der Waals surface area contributed by atoms with E-state index in [9.17, 15) is 17.6 Å². The summed E-state index contributed by atoms with van der Waals surface area (Å²) in [5.74, 6) is -0.395. The third-order valence-electron chi connectivity index (χ3n) is 2.33. The van der Waals surface area contributed by atoms with Gasteiger partial charge in [0.25, 0.3) is 0 Å². The summed E-state index contributed by atoms with van der Waals surface area (Å²) in [6.45, 7) is 1.93. The van der Waals surface area contributed by atoms with Crippen molar-refractivity contribution in [3.8, 4) is 5.75 Å². The van der Waals surface area contributed by atoms with Gasteiger partial charge in [0.15, 0.2) is 0 Å². The van der Waals surface area contributed by atoms with E-state index in [-0.39, 0.29) is 12.0 Å². The van der Waals surface area contributed by atoms with Crippen molar-refractivity contribution in [2.45, 2.75) is 32.3 Å². The van der Waals surface area contributed by atoms with Gasteiger partial charge in [-0.05, 0) is 49.6 Å². The van der Waals surface area contributed by atoms with Gasteiger partial charge < -0.3 is 10.5 Å². The molecule has 0 aliphatic carbocycles. The van der Waals surface area contributed by atoms with E-state index in [0.29, 0.717) is 18.5 Å². The van der Waals surface area contributed by atoms with Crippen LogP contribution in [0, 0.1) is 6.92 Å². The molecule has 102 valence electrons. The van der Waals surface area contributed by atoms with Crippen molar-refractivity contribution in [3.63, 3.8) is 0 Å². The van der Waals surface area contributed by atoms with E-state index in [2.05, 4.69) is 4.74 Å². The predicted octanol–water partition coefficient (Wildman–Crippen LogP) is 3.64. The van der Waals surface area contributed by atoms with Crippen LogP contribution in [0.1, 0.15) is 30.1 Å². The summed E-state index contributed by atoms with van der Waals surface area (Å²) >= 11 is 0. The number of benzene rings is 1. The molecular formula is C12H15F4NO. The molecule has 0 saturated heterocycles. The van der Waals surface area contributed by atoms with Gasteiger partial charge in [-0.25, -0.2) is 4.39 Å². The van der Waals surface area contributed by atoms with E-state index in [1.54, 1.807) is 6.92 Å². The topological polar surface area (TPSA) is 35.2 Å². The summed E-state index contributed by atoms with van der Waals surface area (Å²) in [7, 11) is 0. The molecule has 1 aromatic carbocycles. The zero-order chi connectivity index (χ0) is 13.8.